The summed E-state index contributed by atoms with van der Waals surface area (Å²) in [4.78, 5) is 53.4. The predicted octanol–water partition coefficient (Wildman–Crippen LogP) is 3.21. The van der Waals surface area contributed by atoms with Crippen molar-refractivity contribution in [2.75, 3.05) is 0 Å². The largest absolute Gasteiger partial charge is 0.507 e. The SMILES string of the molecule is Cc1cccc(C2C3=CCn4c(=O)n(-c5ccccc5)c(=O)n4C3CC3=C2C(=O)C=C(Br)C3=O)c1O. The van der Waals surface area contributed by atoms with Gasteiger partial charge in [0.1, 0.15) is 5.75 Å². The first-order valence-corrected chi connectivity index (χ1v) is 12.3. The average Bonchev–Trinajstić information content (AvgIpc) is 3.13. The van der Waals surface area contributed by atoms with E-state index in [4.69, 9.17) is 0 Å². The van der Waals surface area contributed by atoms with Gasteiger partial charge in [-0.25, -0.2) is 23.5 Å². The molecule has 1 N–H and O–H groups in total. The van der Waals surface area contributed by atoms with E-state index >= 15 is 0 Å². The summed E-state index contributed by atoms with van der Waals surface area (Å²) in [5.74, 6) is -1.36. The molecule has 1 aromatic heterocycles. The molecule has 1 aliphatic heterocycles. The van der Waals surface area contributed by atoms with E-state index in [2.05, 4.69) is 15.9 Å². The fraction of sp³-hybridized carbons (Fsp3) is 0.185. The van der Waals surface area contributed by atoms with Crippen LogP contribution >= 0.6 is 15.9 Å². The lowest BCUT2D eigenvalue weighted by atomic mass is 9.68. The summed E-state index contributed by atoms with van der Waals surface area (Å²) >= 11 is 3.20. The molecule has 2 atom stereocenters. The molecule has 2 aliphatic carbocycles. The number of nitrogens with zero attached hydrogens (tertiary/aromatic N) is 3. The molecule has 2 aromatic carbocycles. The molecule has 0 bridgehead atoms. The number of aromatic nitrogens is 3. The number of hydrogen-bond donors (Lipinski definition) is 1. The molecule has 9 heteroatoms. The first-order valence-electron chi connectivity index (χ1n) is 11.5. The second-order valence-corrected chi connectivity index (χ2v) is 9.96. The maximum atomic E-state index is 13.7. The third-order valence-corrected chi connectivity index (χ3v) is 7.78. The van der Waals surface area contributed by atoms with E-state index in [-0.39, 0.29) is 40.3 Å². The minimum Gasteiger partial charge on any atom is -0.507 e. The van der Waals surface area contributed by atoms with Crippen LogP contribution in [0.4, 0.5) is 0 Å². The van der Waals surface area contributed by atoms with Crippen LogP contribution in [0.3, 0.4) is 0 Å². The molecule has 6 rings (SSSR count). The number of carbonyl (C=O) groups excluding carboxylic acids is 2. The first kappa shape index (κ1) is 22.5. The van der Waals surface area contributed by atoms with Gasteiger partial charge < -0.3 is 5.11 Å². The summed E-state index contributed by atoms with van der Waals surface area (Å²) in [5, 5.41) is 11.0. The molecule has 2 heterocycles. The van der Waals surface area contributed by atoms with Gasteiger partial charge in [-0.3, -0.25) is 9.59 Å². The van der Waals surface area contributed by atoms with Gasteiger partial charge in [-0.05, 0) is 46.1 Å². The lowest BCUT2D eigenvalue weighted by Gasteiger charge is -2.39. The van der Waals surface area contributed by atoms with Crippen molar-refractivity contribution in [3.63, 3.8) is 0 Å². The van der Waals surface area contributed by atoms with E-state index in [9.17, 15) is 24.3 Å². The standard InChI is InChI=1S/C27H20BrN3O5/c1-14-6-5-9-17(24(14)33)22-16-10-11-29-26(35)30(15-7-3-2-4-8-15)27(36)31(29)20(16)12-18-23(22)21(32)13-19(28)25(18)34/h2-10,13,20,22,33H,11-12H2,1H3. The summed E-state index contributed by atoms with van der Waals surface area (Å²) in [6.45, 7) is 1.88. The number of carbonyl (C=O) groups is 2. The molecule has 0 saturated heterocycles. The molecule has 0 fully saturated rings. The van der Waals surface area contributed by atoms with Crippen molar-refractivity contribution >= 4 is 27.5 Å². The molecule has 8 nitrogen and oxygen atoms in total. The van der Waals surface area contributed by atoms with Gasteiger partial charge in [0.25, 0.3) is 0 Å². The average molecular weight is 546 g/mol. The predicted molar refractivity (Wildman–Crippen MR) is 136 cm³/mol. The van der Waals surface area contributed by atoms with Crippen LogP contribution in [0, 0.1) is 6.92 Å². The number of aromatic hydroxyl groups is 1. The number of para-hydroxylation sites is 2. The number of phenols is 1. The summed E-state index contributed by atoms with van der Waals surface area (Å²) in [5.41, 5.74) is 1.84. The van der Waals surface area contributed by atoms with E-state index in [1.54, 1.807) is 55.5 Å². The Morgan fingerprint density at radius 3 is 2.47 bits per heavy atom. The van der Waals surface area contributed by atoms with Crippen LogP contribution in [-0.4, -0.2) is 30.6 Å². The van der Waals surface area contributed by atoms with Crippen molar-refractivity contribution in [2.45, 2.75) is 31.8 Å². The molecular formula is C27H20BrN3O5. The number of phenolic OH excluding ortho intramolecular Hbond substituents is 1. The minimum atomic E-state index is -0.734. The highest BCUT2D eigenvalue weighted by Gasteiger charge is 2.45. The van der Waals surface area contributed by atoms with E-state index in [1.807, 2.05) is 6.08 Å². The molecule has 3 aromatic rings. The second-order valence-electron chi connectivity index (χ2n) is 9.11. The fourth-order valence-electron chi connectivity index (χ4n) is 5.55. The number of ketones is 2. The Morgan fingerprint density at radius 2 is 1.72 bits per heavy atom. The highest BCUT2D eigenvalue weighted by Crippen LogP contribution is 2.51. The third-order valence-electron chi connectivity index (χ3n) is 7.19. The van der Waals surface area contributed by atoms with Crippen molar-refractivity contribution in [1.29, 1.82) is 0 Å². The quantitative estimate of drug-likeness (QED) is 0.393. The Labute approximate surface area is 213 Å². The van der Waals surface area contributed by atoms with E-state index in [1.165, 1.54) is 15.4 Å². The zero-order chi connectivity index (χ0) is 25.3. The Hall–Kier alpha value is -3.98. The van der Waals surface area contributed by atoms with Crippen molar-refractivity contribution in [3.05, 3.63) is 114 Å². The highest BCUT2D eigenvalue weighted by molar-refractivity contribution is 9.12. The van der Waals surface area contributed by atoms with E-state index in [0.29, 0.717) is 28.0 Å². The zero-order valence-electron chi connectivity index (χ0n) is 19.1. The van der Waals surface area contributed by atoms with Crippen molar-refractivity contribution < 1.29 is 14.7 Å². The number of rotatable bonds is 2. The van der Waals surface area contributed by atoms with Crippen molar-refractivity contribution in [1.82, 2.24) is 13.9 Å². The first-order chi connectivity index (χ1) is 17.3. The lowest BCUT2D eigenvalue weighted by molar-refractivity contribution is -0.115. The lowest BCUT2D eigenvalue weighted by Crippen LogP contribution is -2.40. The van der Waals surface area contributed by atoms with Crippen molar-refractivity contribution in [3.8, 4) is 11.4 Å². The maximum absolute atomic E-state index is 13.7. The number of hydrogen-bond acceptors (Lipinski definition) is 5. The van der Waals surface area contributed by atoms with Crippen molar-refractivity contribution in [2.24, 2.45) is 0 Å². The van der Waals surface area contributed by atoms with Crippen LogP contribution in [-0.2, 0) is 16.1 Å². The summed E-state index contributed by atoms with van der Waals surface area (Å²) in [7, 11) is 0. The van der Waals surface area contributed by atoms with Gasteiger partial charge in [0.15, 0.2) is 11.6 Å². The van der Waals surface area contributed by atoms with E-state index < -0.39 is 23.3 Å². The van der Waals surface area contributed by atoms with Gasteiger partial charge in [0.2, 0.25) is 0 Å². The molecule has 180 valence electrons. The van der Waals surface area contributed by atoms with Gasteiger partial charge in [-0.2, -0.15) is 0 Å². The van der Waals surface area contributed by atoms with Crippen LogP contribution < -0.4 is 11.4 Å². The number of aryl methyl sites for hydroxylation is 1. The molecule has 0 spiro atoms. The van der Waals surface area contributed by atoms with Crippen LogP contribution in [0.1, 0.15) is 29.5 Å². The Morgan fingerprint density at radius 1 is 0.972 bits per heavy atom. The minimum absolute atomic E-state index is 0.0296. The Balaban J connectivity index is 1.62. The number of halogens is 1. The molecule has 0 saturated carbocycles. The summed E-state index contributed by atoms with van der Waals surface area (Å²) in [6, 6.07) is 13.3. The number of fused-ring (bicyclic) bond motifs is 3. The molecule has 3 aliphatic rings. The topological polar surface area (TPSA) is 103 Å². The number of Topliss-reactive ketones (excluding diaryl/α,β-unsaturated/α-hetero) is 1. The molecule has 0 amide bonds. The summed E-state index contributed by atoms with van der Waals surface area (Å²) < 4.78 is 4.01. The van der Waals surface area contributed by atoms with Crippen LogP contribution in [0.25, 0.3) is 5.69 Å². The molecule has 36 heavy (non-hydrogen) atoms. The van der Waals surface area contributed by atoms with E-state index in [0.717, 1.165) is 4.57 Å². The molecular weight excluding hydrogens is 526 g/mol. The normalized spacial score (nSPS) is 20.9. The smallest absolute Gasteiger partial charge is 0.352 e. The van der Waals surface area contributed by atoms with Gasteiger partial charge >= 0.3 is 11.4 Å². The number of benzene rings is 2. The molecule has 0 radical (unpaired) electrons. The molecule has 2 unspecified atom stereocenters. The van der Waals surface area contributed by atoms with Gasteiger partial charge in [0.05, 0.1) is 22.8 Å². The Kier molecular flexibility index (Phi) is 5.01. The highest BCUT2D eigenvalue weighted by atomic mass is 79.9. The zero-order valence-corrected chi connectivity index (χ0v) is 20.7. The van der Waals surface area contributed by atoms with Gasteiger partial charge in [0, 0.05) is 35.1 Å². The van der Waals surface area contributed by atoms with Crippen LogP contribution in [0.15, 0.2) is 91.5 Å². The van der Waals surface area contributed by atoms with Gasteiger partial charge in [-0.1, -0.05) is 42.5 Å². The third kappa shape index (κ3) is 3.05. The fourth-order valence-corrected chi connectivity index (χ4v) is 5.99. The monoisotopic (exact) mass is 545 g/mol. The Bertz CT molecular complexity index is 1700. The second kappa shape index (κ2) is 8.03. The van der Waals surface area contributed by atoms with Crippen LogP contribution in [0.5, 0.6) is 5.75 Å². The maximum Gasteiger partial charge on any atom is 0.352 e. The summed E-state index contributed by atoms with van der Waals surface area (Å²) in [6.07, 6.45) is 3.18. The van der Waals surface area contributed by atoms with Crippen LogP contribution in [0.2, 0.25) is 0 Å². The number of allylic oxidation sites excluding steroid dienone is 6. The van der Waals surface area contributed by atoms with Gasteiger partial charge in [-0.15, -0.1) is 0 Å².